The Labute approximate surface area is 89.2 Å². The maximum atomic E-state index is 11.1. The molecule has 15 heavy (non-hydrogen) atoms. The van der Waals surface area contributed by atoms with Crippen molar-refractivity contribution >= 4 is 5.97 Å². The molecular weight excluding hydrogens is 190 g/mol. The van der Waals surface area contributed by atoms with Crippen molar-refractivity contribution in [2.75, 3.05) is 0 Å². The van der Waals surface area contributed by atoms with Crippen LogP contribution in [0, 0.1) is 12.3 Å². The SMILES string of the molecule is C#CCc1ccc(OC(=O)C(C)N)cc1. The zero-order chi connectivity index (χ0) is 11.3. The third-order valence-electron chi connectivity index (χ3n) is 1.82. The summed E-state index contributed by atoms with van der Waals surface area (Å²) in [5, 5.41) is 0. The summed E-state index contributed by atoms with van der Waals surface area (Å²) in [5.41, 5.74) is 6.37. The molecule has 0 spiro atoms. The van der Waals surface area contributed by atoms with Gasteiger partial charge in [0, 0.05) is 6.42 Å². The molecule has 0 saturated heterocycles. The topological polar surface area (TPSA) is 52.3 Å². The minimum Gasteiger partial charge on any atom is -0.425 e. The molecule has 1 unspecified atom stereocenters. The molecule has 3 nitrogen and oxygen atoms in total. The highest BCUT2D eigenvalue weighted by Crippen LogP contribution is 2.12. The Morgan fingerprint density at radius 3 is 2.60 bits per heavy atom. The van der Waals surface area contributed by atoms with Gasteiger partial charge in [0.15, 0.2) is 0 Å². The predicted molar refractivity (Wildman–Crippen MR) is 58.3 cm³/mol. The highest BCUT2D eigenvalue weighted by molar-refractivity contribution is 5.77. The van der Waals surface area contributed by atoms with Gasteiger partial charge in [0.1, 0.15) is 11.8 Å². The molecule has 0 radical (unpaired) electrons. The van der Waals surface area contributed by atoms with Crippen LogP contribution in [-0.2, 0) is 11.2 Å². The van der Waals surface area contributed by atoms with Crippen LogP contribution in [0.5, 0.6) is 5.75 Å². The van der Waals surface area contributed by atoms with Gasteiger partial charge in [-0.05, 0) is 24.6 Å². The summed E-state index contributed by atoms with van der Waals surface area (Å²) in [4.78, 5) is 11.1. The first kappa shape index (κ1) is 11.3. The van der Waals surface area contributed by atoms with E-state index in [1.165, 1.54) is 0 Å². The van der Waals surface area contributed by atoms with E-state index in [9.17, 15) is 4.79 Å². The second-order valence-corrected chi connectivity index (χ2v) is 3.23. The average Bonchev–Trinajstić information content (AvgIpc) is 2.21. The Hall–Kier alpha value is -1.79. The van der Waals surface area contributed by atoms with Crippen LogP contribution in [0.4, 0.5) is 0 Å². The average molecular weight is 203 g/mol. The maximum Gasteiger partial charge on any atom is 0.328 e. The second kappa shape index (κ2) is 5.18. The first-order chi connectivity index (χ1) is 7.13. The van der Waals surface area contributed by atoms with E-state index in [2.05, 4.69) is 5.92 Å². The number of nitrogens with two attached hydrogens (primary N) is 1. The lowest BCUT2D eigenvalue weighted by atomic mass is 10.1. The molecule has 0 heterocycles. The van der Waals surface area contributed by atoms with Gasteiger partial charge in [-0.2, -0.15) is 0 Å². The summed E-state index contributed by atoms with van der Waals surface area (Å²) in [5.74, 6) is 2.57. The van der Waals surface area contributed by atoms with E-state index in [4.69, 9.17) is 16.9 Å². The zero-order valence-electron chi connectivity index (χ0n) is 8.57. The molecule has 0 bridgehead atoms. The normalized spacial score (nSPS) is 11.5. The smallest absolute Gasteiger partial charge is 0.328 e. The van der Waals surface area contributed by atoms with Crippen LogP contribution in [0.2, 0.25) is 0 Å². The van der Waals surface area contributed by atoms with E-state index >= 15 is 0 Å². The molecule has 1 atom stereocenters. The molecule has 0 saturated carbocycles. The molecular formula is C12H13NO2. The minimum absolute atomic E-state index is 0.445. The highest BCUT2D eigenvalue weighted by atomic mass is 16.5. The summed E-state index contributed by atoms with van der Waals surface area (Å²) in [6, 6.07) is 6.43. The Balaban J connectivity index is 2.65. The van der Waals surface area contributed by atoms with Crippen LogP contribution < -0.4 is 10.5 Å². The van der Waals surface area contributed by atoms with E-state index < -0.39 is 12.0 Å². The van der Waals surface area contributed by atoms with Crippen molar-refractivity contribution in [3.63, 3.8) is 0 Å². The van der Waals surface area contributed by atoms with E-state index in [-0.39, 0.29) is 0 Å². The van der Waals surface area contributed by atoms with Crippen LogP contribution in [0.25, 0.3) is 0 Å². The van der Waals surface area contributed by atoms with E-state index in [0.29, 0.717) is 12.2 Å². The summed E-state index contributed by atoms with van der Waals surface area (Å²) in [6.45, 7) is 1.58. The summed E-state index contributed by atoms with van der Waals surface area (Å²) < 4.78 is 4.99. The molecule has 78 valence electrons. The molecule has 3 heteroatoms. The third-order valence-corrected chi connectivity index (χ3v) is 1.82. The first-order valence-corrected chi connectivity index (χ1v) is 4.63. The van der Waals surface area contributed by atoms with Gasteiger partial charge in [0.25, 0.3) is 0 Å². The molecule has 0 aliphatic heterocycles. The number of hydrogen-bond acceptors (Lipinski definition) is 3. The van der Waals surface area contributed by atoms with E-state index in [1.807, 2.05) is 12.1 Å². The van der Waals surface area contributed by atoms with Crippen LogP contribution in [0.1, 0.15) is 12.5 Å². The number of carbonyl (C=O) groups is 1. The quantitative estimate of drug-likeness (QED) is 0.455. The molecule has 1 rings (SSSR count). The van der Waals surface area contributed by atoms with E-state index in [0.717, 1.165) is 5.56 Å². The fourth-order valence-electron chi connectivity index (χ4n) is 1.00. The number of terminal acetylenes is 1. The number of carbonyl (C=O) groups excluding carboxylic acids is 1. The second-order valence-electron chi connectivity index (χ2n) is 3.23. The molecule has 0 amide bonds. The third kappa shape index (κ3) is 3.45. The highest BCUT2D eigenvalue weighted by Gasteiger charge is 2.09. The van der Waals surface area contributed by atoms with Gasteiger partial charge in [-0.15, -0.1) is 12.3 Å². The van der Waals surface area contributed by atoms with Crippen LogP contribution in [-0.4, -0.2) is 12.0 Å². The number of benzene rings is 1. The van der Waals surface area contributed by atoms with E-state index in [1.54, 1.807) is 19.1 Å². The molecule has 0 fully saturated rings. The Morgan fingerprint density at radius 2 is 2.13 bits per heavy atom. The Bertz CT molecular complexity index is 374. The number of esters is 1. The monoisotopic (exact) mass is 203 g/mol. The van der Waals surface area contributed by atoms with Crippen molar-refractivity contribution in [3.05, 3.63) is 29.8 Å². The summed E-state index contributed by atoms with van der Waals surface area (Å²) in [7, 11) is 0. The number of hydrogen-bond donors (Lipinski definition) is 1. The zero-order valence-corrected chi connectivity index (χ0v) is 8.57. The molecule has 0 aromatic heterocycles. The van der Waals surface area contributed by atoms with Crippen molar-refractivity contribution in [1.82, 2.24) is 0 Å². The van der Waals surface area contributed by atoms with Crippen LogP contribution >= 0.6 is 0 Å². The first-order valence-electron chi connectivity index (χ1n) is 4.63. The molecule has 0 aliphatic carbocycles. The molecule has 1 aromatic rings. The van der Waals surface area contributed by atoms with Crippen LogP contribution in [0.15, 0.2) is 24.3 Å². The summed E-state index contributed by atoms with van der Waals surface area (Å²) in [6.07, 6.45) is 5.74. The fraction of sp³-hybridized carbons (Fsp3) is 0.250. The number of rotatable bonds is 3. The molecule has 2 N–H and O–H groups in total. The lowest BCUT2D eigenvalue weighted by molar-refractivity contribution is -0.135. The van der Waals surface area contributed by atoms with Crippen molar-refractivity contribution < 1.29 is 9.53 Å². The standard InChI is InChI=1S/C12H13NO2/c1-3-4-10-5-7-11(8-6-10)15-12(14)9(2)13/h1,5-9H,4,13H2,2H3. The predicted octanol–water partition coefficient (Wildman–Crippen LogP) is 1.11. The van der Waals surface area contributed by atoms with Crippen LogP contribution in [0.3, 0.4) is 0 Å². The maximum absolute atomic E-state index is 11.1. The van der Waals surface area contributed by atoms with Gasteiger partial charge in [0.2, 0.25) is 0 Å². The van der Waals surface area contributed by atoms with Gasteiger partial charge in [-0.1, -0.05) is 12.1 Å². The van der Waals surface area contributed by atoms with Crippen molar-refractivity contribution in [1.29, 1.82) is 0 Å². The van der Waals surface area contributed by atoms with Gasteiger partial charge in [-0.25, -0.2) is 4.79 Å². The van der Waals surface area contributed by atoms with Gasteiger partial charge < -0.3 is 10.5 Å². The van der Waals surface area contributed by atoms with Gasteiger partial charge in [-0.3, -0.25) is 0 Å². The molecule has 0 aliphatic rings. The largest absolute Gasteiger partial charge is 0.425 e. The van der Waals surface area contributed by atoms with Crippen molar-refractivity contribution in [3.8, 4) is 18.1 Å². The molecule has 1 aromatic carbocycles. The van der Waals surface area contributed by atoms with Crippen molar-refractivity contribution in [2.24, 2.45) is 5.73 Å². The Morgan fingerprint density at radius 1 is 1.53 bits per heavy atom. The fourth-order valence-corrected chi connectivity index (χ4v) is 1.00. The van der Waals surface area contributed by atoms with Crippen molar-refractivity contribution in [2.45, 2.75) is 19.4 Å². The van der Waals surface area contributed by atoms with Gasteiger partial charge in [0.05, 0.1) is 0 Å². The lowest BCUT2D eigenvalue weighted by Gasteiger charge is -2.06. The van der Waals surface area contributed by atoms with Gasteiger partial charge >= 0.3 is 5.97 Å². The Kier molecular flexibility index (Phi) is 3.90. The summed E-state index contributed by atoms with van der Waals surface area (Å²) >= 11 is 0. The minimum atomic E-state index is -0.615. The number of ether oxygens (including phenoxy) is 1. The lowest BCUT2D eigenvalue weighted by Crippen LogP contribution is -2.30.